The summed E-state index contributed by atoms with van der Waals surface area (Å²) in [7, 11) is 0.102. The highest BCUT2D eigenvalue weighted by molar-refractivity contribution is 7.90. The number of hydrogen-bond acceptors (Lipinski definition) is 4. The highest BCUT2D eigenvalue weighted by atomic mass is 32.2. The van der Waals surface area contributed by atoms with Crippen molar-refractivity contribution in [1.82, 2.24) is 8.87 Å². The van der Waals surface area contributed by atoms with Crippen molar-refractivity contribution in [2.24, 2.45) is 0 Å². The normalized spacial score (nSPS) is 18.0. The van der Waals surface area contributed by atoms with E-state index < -0.39 is 10.0 Å². The van der Waals surface area contributed by atoms with Crippen molar-refractivity contribution >= 4 is 20.9 Å². The summed E-state index contributed by atoms with van der Waals surface area (Å²) in [4.78, 5) is 2.57. The van der Waals surface area contributed by atoms with E-state index in [1.165, 1.54) is 3.97 Å². The summed E-state index contributed by atoms with van der Waals surface area (Å²) in [6, 6.07) is 12.4. The Morgan fingerprint density at radius 2 is 1.85 bits per heavy atom. The van der Waals surface area contributed by atoms with Crippen LogP contribution in [0.15, 0.2) is 53.6 Å². The Morgan fingerprint density at radius 3 is 2.54 bits per heavy atom. The van der Waals surface area contributed by atoms with Crippen molar-refractivity contribution in [3.8, 4) is 5.75 Å². The zero-order valence-corrected chi connectivity index (χ0v) is 16.0. The second kappa shape index (κ2) is 6.14. The molecule has 0 bridgehead atoms. The standard InChI is InChI=1S/C20H22N2O3S/c1-14-19-18(25-3)10-9-17-20(19)15(11-12-21(14)2)13-22(17)26(23,24)16-7-5-4-6-8-16/h4-10,13-14H,11-12H2,1-3H3. The number of hydrogen-bond donors (Lipinski definition) is 0. The van der Waals surface area contributed by atoms with Gasteiger partial charge in [0.15, 0.2) is 0 Å². The van der Waals surface area contributed by atoms with Crippen LogP contribution in [0.3, 0.4) is 0 Å². The largest absolute Gasteiger partial charge is 0.496 e. The summed E-state index contributed by atoms with van der Waals surface area (Å²) in [6.45, 7) is 3.00. The van der Waals surface area contributed by atoms with Crippen LogP contribution in [-0.4, -0.2) is 38.0 Å². The number of aromatic nitrogens is 1. The molecule has 2 heterocycles. The van der Waals surface area contributed by atoms with E-state index in [9.17, 15) is 8.42 Å². The van der Waals surface area contributed by atoms with Crippen LogP contribution in [0.25, 0.3) is 10.9 Å². The van der Waals surface area contributed by atoms with Crippen LogP contribution in [0.5, 0.6) is 5.75 Å². The molecule has 4 rings (SSSR count). The van der Waals surface area contributed by atoms with E-state index >= 15 is 0 Å². The Kier molecular flexibility index (Phi) is 4.04. The first-order valence-electron chi connectivity index (χ1n) is 8.67. The van der Waals surface area contributed by atoms with Gasteiger partial charge in [0.2, 0.25) is 0 Å². The van der Waals surface area contributed by atoms with E-state index in [1.54, 1.807) is 37.6 Å². The number of rotatable bonds is 3. The lowest BCUT2D eigenvalue weighted by atomic mass is 10.00. The molecule has 0 N–H and O–H groups in total. The predicted molar refractivity (Wildman–Crippen MR) is 102 cm³/mol. The van der Waals surface area contributed by atoms with Gasteiger partial charge in [-0.15, -0.1) is 0 Å². The molecule has 0 amide bonds. The van der Waals surface area contributed by atoms with Gasteiger partial charge in [0.05, 0.1) is 17.5 Å². The summed E-state index contributed by atoms with van der Waals surface area (Å²) < 4.78 is 33.5. The molecule has 2 aromatic carbocycles. The fourth-order valence-electron chi connectivity index (χ4n) is 3.78. The molecular formula is C20H22N2O3S. The Hall–Kier alpha value is -2.31. The van der Waals surface area contributed by atoms with E-state index in [0.29, 0.717) is 10.4 Å². The average molecular weight is 370 g/mol. The van der Waals surface area contributed by atoms with Crippen molar-refractivity contribution in [3.63, 3.8) is 0 Å². The number of likely N-dealkylation sites (N-methyl/N-ethyl adjacent to an activating group) is 1. The van der Waals surface area contributed by atoms with Crippen LogP contribution in [-0.2, 0) is 16.4 Å². The quantitative estimate of drug-likeness (QED) is 0.709. The van der Waals surface area contributed by atoms with Crippen LogP contribution >= 0.6 is 0 Å². The first-order valence-corrected chi connectivity index (χ1v) is 10.1. The summed E-state index contributed by atoms with van der Waals surface area (Å²) in [6.07, 6.45) is 2.58. The van der Waals surface area contributed by atoms with Gasteiger partial charge < -0.3 is 4.74 Å². The molecule has 1 unspecified atom stereocenters. The van der Waals surface area contributed by atoms with Gasteiger partial charge in [-0.1, -0.05) is 18.2 Å². The van der Waals surface area contributed by atoms with E-state index in [1.807, 2.05) is 18.2 Å². The monoisotopic (exact) mass is 370 g/mol. The second-order valence-electron chi connectivity index (χ2n) is 6.75. The maximum atomic E-state index is 13.2. The van der Waals surface area contributed by atoms with E-state index in [0.717, 1.165) is 35.2 Å². The lowest BCUT2D eigenvalue weighted by Crippen LogP contribution is -2.23. The van der Waals surface area contributed by atoms with Crippen LogP contribution in [0.4, 0.5) is 0 Å². The lowest BCUT2D eigenvalue weighted by Gasteiger charge is -2.25. The van der Waals surface area contributed by atoms with Gasteiger partial charge >= 0.3 is 0 Å². The van der Waals surface area contributed by atoms with Crippen LogP contribution in [0.2, 0.25) is 0 Å². The Labute approximate surface area is 153 Å². The molecule has 3 aromatic rings. The molecule has 0 aliphatic carbocycles. The minimum atomic E-state index is -3.64. The molecule has 0 radical (unpaired) electrons. The average Bonchev–Trinajstić information content (AvgIpc) is 2.99. The van der Waals surface area contributed by atoms with Gasteiger partial charge in [-0.2, -0.15) is 0 Å². The minimum absolute atomic E-state index is 0.144. The van der Waals surface area contributed by atoms with E-state index in [4.69, 9.17) is 4.74 Å². The Morgan fingerprint density at radius 1 is 1.12 bits per heavy atom. The van der Waals surface area contributed by atoms with Gasteiger partial charge in [0, 0.05) is 29.7 Å². The molecule has 0 saturated heterocycles. The molecule has 136 valence electrons. The van der Waals surface area contributed by atoms with Crippen LogP contribution < -0.4 is 4.74 Å². The molecule has 26 heavy (non-hydrogen) atoms. The fraction of sp³-hybridized carbons (Fsp3) is 0.300. The molecule has 1 aliphatic rings. The SMILES string of the molecule is COc1ccc2c3c(cn2S(=O)(=O)c2ccccc2)CCN(C)C(C)c13. The highest BCUT2D eigenvalue weighted by Crippen LogP contribution is 2.41. The highest BCUT2D eigenvalue weighted by Gasteiger charge is 2.29. The van der Waals surface area contributed by atoms with Crippen molar-refractivity contribution in [2.75, 3.05) is 20.7 Å². The zero-order chi connectivity index (χ0) is 18.5. The fourth-order valence-corrected chi connectivity index (χ4v) is 5.19. The number of ether oxygens (including phenoxy) is 1. The summed E-state index contributed by atoms with van der Waals surface area (Å²) >= 11 is 0. The van der Waals surface area contributed by atoms with Crippen molar-refractivity contribution in [2.45, 2.75) is 24.3 Å². The lowest BCUT2D eigenvalue weighted by molar-refractivity contribution is 0.263. The third-order valence-corrected chi connectivity index (χ3v) is 7.04. The van der Waals surface area contributed by atoms with Crippen LogP contribution in [0.1, 0.15) is 24.1 Å². The topological polar surface area (TPSA) is 51.5 Å². The molecule has 0 spiro atoms. The first-order chi connectivity index (χ1) is 12.4. The zero-order valence-electron chi connectivity index (χ0n) is 15.1. The van der Waals surface area contributed by atoms with Gasteiger partial charge in [-0.3, -0.25) is 4.90 Å². The van der Waals surface area contributed by atoms with E-state index in [2.05, 4.69) is 18.9 Å². The minimum Gasteiger partial charge on any atom is -0.496 e. The molecular weight excluding hydrogens is 348 g/mol. The number of nitrogens with zero attached hydrogens (tertiary/aromatic N) is 2. The van der Waals surface area contributed by atoms with Gasteiger partial charge in [-0.05, 0) is 50.2 Å². The van der Waals surface area contributed by atoms with Gasteiger partial charge in [0.1, 0.15) is 5.75 Å². The van der Waals surface area contributed by atoms with Crippen molar-refractivity contribution in [3.05, 3.63) is 59.8 Å². The Balaban J connectivity index is 2.04. The van der Waals surface area contributed by atoms with Crippen molar-refractivity contribution < 1.29 is 13.2 Å². The summed E-state index contributed by atoms with van der Waals surface area (Å²) in [5.41, 5.74) is 2.81. The second-order valence-corrected chi connectivity index (χ2v) is 8.57. The van der Waals surface area contributed by atoms with E-state index in [-0.39, 0.29) is 6.04 Å². The number of benzene rings is 2. The van der Waals surface area contributed by atoms with Gasteiger partial charge in [-0.25, -0.2) is 12.4 Å². The van der Waals surface area contributed by atoms with Crippen molar-refractivity contribution in [1.29, 1.82) is 0 Å². The molecule has 0 saturated carbocycles. The first kappa shape index (κ1) is 17.1. The maximum Gasteiger partial charge on any atom is 0.268 e. The third kappa shape index (κ3) is 2.44. The van der Waals surface area contributed by atoms with Gasteiger partial charge in [0.25, 0.3) is 10.0 Å². The molecule has 6 heteroatoms. The summed E-state index contributed by atoms with van der Waals surface area (Å²) in [5.74, 6) is 0.801. The molecule has 5 nitrogen and oxygen atoms in total. The van der Waals surface area contributed by atoms with Crippen LogP contribution in [0, 0.1) is 0 Å². The maximum absolute atomic E-state index is 13.2. The predicted octanol–water partition coefficient (Wildman–Crippen LogP) is 3.44. The summed E-state index contributed by atoms with van der Waals surface area (Å²) in [5, 5.41) is 1.00. The molecule has 1 atom stereocenters. The molecule has 0 fully saturated rings. The molecule has 1 aliphatic heterocycles. The number of methoxy groups -OCH3 is 1. The Bertz CT molecular complexity index is 1070. The smallest absolute Gasteiger partial charge is 0.268 e. The molecule has 1 aromatic heterocycles. The third-order valence-electron chi connectivity index (χ3n) is 5.35.